The predicted molar refractivity (Wildman–Crippen MR) is 94.1 cm³/mol. The molecule has 0 fully saturated rings. The van der Waals surface area contributed by atoms with Gasteiger partial charge in [0.25, 0.3) is 0 Å². The maximum Gasteiger partial charge on any atom is 0.387 e. The van der Waals surface area contributed by atoms with Crippen molar-refractivity contribution in [2.45, 2.75) is 17.5 Å². The number of benzene rings is 2. The molecule has 4 nitrogen and oxygen atoms in total. The van der Waals surface area contributed by atoms with E-state index in [1.807, 2.05) is 35.9 Å². The summed E-state index contributed by atoms with van der Waals surface area (Å²) >= 11 is 7.53. The Morgan fingerprint density at radius 1 is 1.16 bits per heavy atom. The van der Waals surface area contributed by atoms with Gasteiger partial charge in [0.15, 0.2) is 11.0 Å². The Balaban J connectivity index is 1.72. The fourth-order valence-electron chi connectivity index (χ4n) is 2.25. The van der Waals surface area contributed by atoms with Gasteiger partial charge in [-0.2, -0.15) is 8.78 Å². The molecule has 130 valence electrons. The highest BCUT2D eigenvalue weighted by molar-refractivity contribution is 7.98. The largest absolute Gasteiger partial charge is 0.435 e. The van der Waals surface area contributed by atoms with E-state index in [-0.39, 0.29) is 5.75 Å². The highest BCUT2D eigenvalue weighted by atomic mass is 35.5. The van der Waals surface area contributed by atoms with Crippen LogP contribution in [0.15, 0.2) is 53.7 Å². The van der Waals surface area contributed by atoms with Crippen molar-refractivity contribution in [3.05, 3.63) is 59.1 Å². The molecule has 0 saturated carbocycles. The molecular weight excluding hydrogens is 368 g/mol. The van der Waals surface area contributed by atoms with E-state index in [9.17, 15) is 8.78 Å². The fourth-order valence-corrected chi connectivity index (χ4v) is 3.32. The maximum atomic E-state index is 12.2. The topological polar surface area (TPSA) is 39.9 Å². The third-order valence-corrected chi connectivity index (χ3v) is 4.76. The Bertz CT molecular complexity index is 855. The molecule has 25 heavy (non-hydrogen) atoms. The van der Waals surface area contributed by atoms with Crippen LogP contribution in [-0.2, 0) is 12.8 Å². The summed E-state index contributed by atoms with van der Waals surface area (Å²) in [5.74, 6) is 1.47. The normalized spacial score (nSPS) is 11.1. The number of alkyl halides is 2. The zero-order valence-electron chi connectivity index (χ0n) is 13.2. The van der Waals surface area contributed by atoms with Gasteiger partial charge in [-0.1, -0.05) is 35.5 Å². The van der Waals surface area contributed by atoms with Crippen LogP contribution in [0.1, 0.15) is 5.56 Å². The number of ether oxygens (including phenoxy) is 1. The lowest BCUT2D eigenvalue weighted by Crippen LogP contribution is -2.01. The molecule has 1 heterocycles. The number of hydrogen-bond acceptors (Lipinski definition) is 4. The van der Waals surface area contributed by atoms with E-state index >= 15 is 0 Å². The number of hydrogen-bond donors (Lipinski definition) is 0. The first-order valence-corrected chi connectivity index (χ1v) is 8.71. The molecule has 0 aliphatic carbocycles. The molecule has 0 bridgehead atoms. The highest BCUT2D eigenvalue weighted by Crippen LogP contribution is 2.27. The predicted octanol–water partition coefficient (Wildman–Crippen LogP) is 5.03. The molecule has 0 aliphatic rings. The van der Waals surface area contributed by atoms with Crippen LogP contribution >= 0.6 is 23.4 Å². The first kappa shape index (κ1) is 17.7. The van der Waals surface area contributed by atoms with E-state index in [1.165, 1.54) is 12.1 Å². The lowest BCUT2D eigenvalue weighted by atomic mass is 10.2. The molecule has 8 heteroatoms. The third kappa shape index (κ3) is 4.49. The zero-order chi connectivity index (χ0) is 17.8. The SMILES string of the molecule is Cn1c(SCc2cccc(Cl)c2)nnc1-c1ccc(OC(F)F)cc1. The number of aromatic nitrogens is 3. The number of rotatable bonds is 6. The van der Waals surface area contributed by atoms with Crippen LogP contribution in [-0.4, -0.2) is 21.4 Å². The maximum absolute atomic E-state index is 12.2. The van der Waals surface area contributed by atoms with Gasteiger partial charge in [0.05, 0.1) is 0 Å². The molecule has 0 radical (unpaired) electrons. The van der Waals surface area contributed by atoms with E-state index in [2.05, 4.69) is 14.9 Å². The van der Waals surface area contributed by atoms with Gasteiger partial charge in [-0.05, 0) is 42.0 Å². The van der Waals surface area contributed by atoms with Gasteiger partial charge < -0.3 is 9.30 Å². The van der Waals surface area contributed by atoms with Crippen LogP contribution in [0.3, 0.4) is 0 Å². The second kappa shape index (κ2) is 7.84. The molecule has 3 rings (SSSR count). The van der Waals surface area contributed by atoms with Gasteiger partial charge >= 0.3 is 6.61 Å². The van der Waals surface area contributed by atoms with Crippen molar-refractivity contribution >= 4 is 23.4 Å². The Kier molecular flexibility index (Phi) is 5.55. The number of nitrogens with zero attached hydrogens (tertiary/aromatic N) is 3. The summed E-state index contributed by atoms with van der Waals surface area (Å²) in [5, 5.41) is 9.83. The standard InChI is InChI=1S/C17H14ClF2N3OS/c1-23-15(12-5-7-14(8-6-12)24-16(19)20)21-22-17(23)25-10-11-3-2-4-13(18)9-11/h2-9,16H,10H2,1H3. The second-order valence-electron chi connectivity index (χ2n) is 5.19. The average molecular weight is 382 g/mol. The Labute approximate surface area is 152 Å². The van der Waals surface area contributed by atoms with Gasteiger partial charge in [0, 0.05) is 23.4 Å². The minimum absolute atomic E-state index is 0.108. The average Bonchev–Trinajstić information content (AvgIpc) is 2.94. The summed E-state index contributed by atoms with van der Waals surface area (Å²) in [7, 11) is 1.86. The minimum Gasteiger partial charge on any atom is -0.435 e. The smallest absolute Gasteiger partial charge is 0.387 e. The van der Waals surface area contributed by atoms with Crippen LogP contribution in [0.5, 0.6) is 5.75 Å². The van der Waals surface area contributed by atoms with Crippen LogP contribution < -0.4 is 4.74 Å². The lowest BCUT2D eigenvalue weighted by molar-refractivity contribution is -0.0498. The lowest BCUT2D eigenvalue weighted by Gasteiger charge is -2.06. The Hall–Kier alpha value is -2.12. The molecule has 0 aliphatic heterocycles. The summed E-state index contributed by atoms with van der Waals surface area (Å²) in [6, 6.07) is 14.0. The van der Waals surface area contributed by atoms with Crippen molar-refractivity contribution in [3.8, 4) is 17.1 Å². The van der Waals surface area contributed by atoms with Crippen molar-refractivity contribution in [1.82, 2.24) is 14.8 Å². The van der Waals surface area contributed by atoms with Crippen molar-refractivity contribution in [3.63, 3.8) is 0 Å². The van der Waals surface area contributed by atoms with Crippen molar-refractivity contribution < 1.29 is 13.5 Å². The second-order valence-corrected chi connectivity index (χ2v) is 6.57. The van der Waals surface area contributed by atoms with E-state index in [1.54, 1.807) is 23.9 Å². The van der Waals surface area contributed by atoms with Gasteiger partial charge in [0.2, 0.25) is 0 Å². The van der Waals surface area contributed by atoms with Gasteiger partial charge in [0.1, 0.15) is 5.75 Å². The summed E-state index contributed by atoms with van der Waals surface area (Å²) in [4.78, 5) is 0. The molecule has 3 aromatic rings. The Morgan fingerprint density at radius 3 is 2.60 bits per heavy atom. The number of halogens is 3. The summed E-state index contributed by atoms with van der Waals surface area (Å²) in [5.41, 5.74) is 1.86. The molecular formula is C17H14ClF2N3OS. The van der Waals surface area contributed by atoms with Gasteiger partial charge in [-0.25, -0.2) is 0 Å². The van der Waals surface area contributed by atoms with Crippen molar-refractivity contribution in [2.24, 2.45) is 7.05 Å². The summed E-state index contributed by atoms with van der Waals surface area (Å²) in [6.07, 6.45) is 0. The third-order valence-electron chi connectivity index (χ3n) is 3.43. The molecule has 0 N–H and O–H groups in total. The summed E-state index contributed by atoms with van der Waals surface area (Å²) < 4.78 is 30.6. The van der Waals surface area contributed by atoms with Crippen molar-refractivity contribution in [2.75, 3.05) is 0 Å². The monoisotopic (exact) mass is 381 g/mol. The molecule has 0 atom stereocenters. The van der Waals surface area contributed by atoms with Crippen molar-refractivity contribution in [1.29, 1.82) is 0 Å². The van der Waals surface area contributed by atoms with Crippen LogP contribution in [0, 0.1) is 0 Å². The van der Waals surface area contributed by atoms with Gasteiger partial charge in [-0.3, -0.25) is 0 Å². The molecule has 0 saturated heterocycles. The quantitative estimate of drug-likeness (QED) is 0.561. The Morgan fingerprint density at radius 2 is 1.92 bits per heavy atom. The highest BCUT2D eigenvalue weighted by Gasteiger charge is 2.12. The van der Waals surface area contributed by atoms with E-state index in [0.717, 1.165) is 16.3 Å². The van der Waals surface area contributed by atoms with Crippen LogP contribution in [0.4, 0.5) is 8.78 Å². The first-order chi connectivity index (χ1) is 12.0. The first-order valence-electron chi connectivity index (χ1n) is 7.35. The zero-order valence-corrected chi connectivity index (χ0v) is 14.8. The number of thioether (sulfide) groups is 1. The molecule has 0 unspecified atom stereocenters. The van der Waals surface area contributed by atoms with E-state index in [4.69, 9.17) is 11.6 Å². The fraction of sp³-hybridized carbons (Fsp3) is 0.176. The van der Waals surface area contributed by atoms with E-state index in [0.29, 0.717) is 16.6 Å². The molecule has 2 aromatic carbocycles. The molecule has 0 amide bonds. The molecule has 0 spiro atoms. The minimum atomic E-state index is -2.84. The summed E-state index contributed by atoms with van der Waals surface area (Å²) in [6.45, 7) is -2.84. The van der Waals surface area contributed by atoms with Crippen LogP contribution in [0.25, 0.3) is 11.4 Å². The molecule has 1 aromatic heterocycles. The van der Waals surface area contributed by atoms with Crippen LogP contribution in [0.2, 0.25) is 5.02 Å². The van der Waals surface area contributed by atoms with E-state index < -0.39 is 6.61 Å². The van der Waals surface area contributed by atoms with Gasteiger partial charge in [-0.15, -0.1) is 10.2 Å².